The SMILES string of the molecule is COc1ccc2sc(-n3nc(C)cc3NC(=O)c3cccc(OC)c3OC)nc2c1. The Morgan fingerprint density at radius 1 is 1.07 bits per heavy atom. The van der Waals surface area contributed by atoms with E-state index in [1.807, 2.05) is 25.1 Å². The molecule has 4 rings (SSSR count). The lowest BCUT2D eigenvalue weighted by atomic mass is 10.1. The predicted octanol–water partition coefficient (Wildman–Crippen LogP) is 4.07. The molecule has 1 amide bonds. The third-order valence-electron chi connectivity index (χ3n) is 4.49. The number of para-hydroxylation sites is 1. The van der Waals surface area contributed by atoms with E-state index in [4.69, 9.17) is 14.2 Å². The van der Waals surface area contributed by atoms with Crippen molar-refractivity contribution in [3.63, 3.8) is 0 Å². The first-order chi connectivity index (χ1) is 14.5. The molecule has 154 valence electrons. The van der Waals surface area contributed by atoms with Crippen LogP contribution in [0.1, 0.15) is 16.1 Å². The number of nitrogens with one attached hydrogen (secondary N) is 1. The molecule has 0 saturated heterocycles. The normalized spacial score (nSPS) is 10.8. The molecule has 2 aromatic carbocycles. The van der Waals surface area contributed by atoms with E-state index in [1.165, 1.54) is 25.6 Å². The molecule has 2 aromatic heterocycles. The molecule has 0 aliphatic rings. The minimum Gasteiger partial charge on any atom is -0.497 e. The van der Waals surface area contributed by atoms with E-state index in [-0.39, 0.29) is 5.91 Å². The molecular weight excluding hydrogens is 404 g/mol. The number of fused-ring (bicyclic) bond motifs is 1. The van der Waals surface area contributed by atoms with Crippen LogP contribution in [0.25, 0.3) is 15.3 Å². The molecule has 0 atom stereocenters. The smallest absolute Gasteiger partial charge is 0.260 e. The van der Waals surface area contributed by atoms with Crippen LogP contribution in [-0.4, -0.2) is 42.0 Å². The second-order valence-electron chi connectivity index (χ2n) is 6.41. The van der Waals surface area contributed by atoms with Crippen molar-refractivity contribution in [3.8, 4) is 22.4 Å². The quantitative estimate of drug-likeness (QED) is 0.502. The first-order valence-corrected chi connectivity index (χ1v) is 9.89. The van der Waals surface area contributed by atoms with Gasteiger partial charge in [-0.2, -0.15) is 9.78 Å². The third kappa shape index (κ3) is 3.55. The maximum Gasteiger partial charge on any atom is 0.260 e. The van der Waals surface area contributed by atoms with Gasteiger partial charge < -0.3 is 19.5 Å². The Morgan fingerprint density at radius 3 is 2.63 bits per heavy atom. The summed E-state index contributed by atoms with van der Waals surface area (Å²) in [6.45, 7) is 1.86. The highest BCUT2D eigenvalue weighted by molar-refractivity contribution is 7.20. The van der Waals surface area contributed by atoms with E-state index in [0.717, 1.165) is 21.7 Å². The van der Waals surface area contributed by atoms with Crippen LogP contribution in [0.4, 0.5) is 5.82 Å². The van der Waals surface area contributed by atoms with Crippen LogP contribution in [0.5, 0.6) is 17.2 Å². The second kappa shape index (κ2) is 8.03. The van der Waals surface area contributed by atoms with Gasteiger partial charge in [-0.05, 0) is 31.2 Å². The Labute approximate surface area is 177 Å². The van der Waals surface area contributed by atoms with Gasteiger partial charge in [0.15, 0.2) is 11.5 Å². The number of hydrogen-bond donors (Lipinski definition) is 1. The van der Waals surface area contributed by atoms with Gasteiger partial charge in [0.05, 0.1) is 42.8 Å². The number of hydrogen-bond acceptors (Lipinski definition) is 7. The van der Waals surface area contributed by atoms with Crippen LogP contribution in [0, 0.1) is 6.92 Å². The summed E-state index contributed by atoms with van der Waals surface area (Å²) in [7, 11) is 4.64. The fourth-order valence-corrected chi connectivity index (χ4v) is 4.01. The minimum absolute atomic E-state index is 0.338. The number of carbonyl (C=O) groups is 1. The fourth-order valence-electron chi connectivity index (χ4n) is 3.10. The van der Waals surface area contributed by atoms with E-state index in [0.29, 0.717) is 28.0 Å². The van der Waals surface area contributed by atoms with Gasteiger partial charge in [0.25, 0.3) is 5.91 Å². The van der Waals surface area contributed by atoms with Gasteiger partial charge >= 0.3 is 0 Å². The number of methoxy groups -OCH3 is 3. The average molecular weight is 424 g/mol. The van der Waals surface area contributed by atoms with E-state index in [1.54, 1.807) is 36.1 Å². The predicted molar refractivity (Wildman–Crippen MR) is 116 cm³/mol. The van der Waals surface area contributed by atoms with Crippen molar-refractivity contribution in [2.75, 3.05) is 26.6 Å². The molecule has 30 heavy (non-hydrogen) atoms. The Balaban J connectivity index is 1.70. The second-order valence-corrected chi connectivity index (χ2v) is 7.42. The molecule has 0 aliphatic heterocycles. The average Bonchev–Trinajstić information content (AvgIpc) is 3.34. The van der Waals surface area contributed by atoms with Gasteiger partial charge in [-0.1, -0.05) is 17.4 Å². The highest BCUT2D eigenvalue weighted by Crippen LogP contribution is 2.32. The zero-order valence-electron chi connectivity index (χ0n) is 16.9. The monoisotopic (exact) mass is 424 g/mol. The fraction of sp³-hybridized carbons (Fsp3) is 0.190. The number of rotatable bonds is 6. The number of aromatic nitrogens is 3. The summed E-state index contributed by atoms with van der Waals surface area (Å²) in [6.07, 6.45) is 0. The summed E-state index contributed by atoms with van der Waals surface area (Å²) in [5.41, 5.74) is 1.91. The summed E-state index contributed by atoms with van der Waals surface area (Å²) < 4.78 is 18.5. The molecule has 8 nitrogen and oxygen atoms in total. The molecule has 0 spiro atoms. The molecular formula is C21H20N4O4S. The van der Waals surface area contributed by atoms with Crippen molar-refractivity contribution in [2.45, 2.75) is 6.92 Å². The maximum absolute atomic E-state index is 13.0. The maximum atomic E-state index is 13.0. The van der Waals surface area contributed by atoms with Crippen LogP contribution < -0.4 is 19.5 Å². The summed E-state index contributed by atoms with van der Waals surface area (Å²) in [4.78, 5) is 17.6. The van der Waals surface area contributed by atoms with Crippen molar-refractivity contribution < 1.29 is 19.0 Å². The first-order valence-electron chi connectivity index (χ1n) is 9.08. The van der Waals surface area contributed by atoms with E-state index >= 15 is 0 Å². The van der Waals surface area contributed by atoms with E-state index in [2.05, 4.69) is 15.4 Å². The van der Waals surface area contributed by atoms with Crippen LogP contribution in [0.3, 0.4) is 0 Å². The highest BCUT2D eigenvalue weighted by Gasteiger charge is 2.20. The van der Waals surface area contributed by atoms with Crippen molar-refractivity contribution in [3.05, 3.63) is 53.7 Å². The lowest BCUT2D eigenvalue weighted by Gasteiger charge is -2.12. The van der Waals surface area contributed by atoms with Crippen molar-refractivity contribution >= 4 is 33.3 Å². The molecule has 0 radical (unpaired) electrons. The highest BCUT2D eigenvalue weighted by atomic mass is 32.1. The van der Waals surface area contributed by atoms with Crippen LogP contribution in [0.15, 0.2) is 42.5 Å². The number of aryl methyl sites for hydroxylation is 1. The molecule has 4 aromatic rings. The number of ether oxygens (including phenoxy) is 3. The number of benzene rings is 2. The number of amides is 1. The summed E-state index contributed by atoms with van der Waals surface area (Å²) >= 11 is 1.47. The lowest BCUT2D eigenvalue weighted by Crippen LogP contribution is -2.16. The number of nitrogens with zero attached hydrogens (tertiary/aromatic N) is 3. The zero-order chi connectivity index (χ0) is 21.3. The molecule has 1 N–H and O–H groups in total. The van der Waals surface area contributed by atoms with Gasteiger partial charge in [-0.15, -0.1) is 0 Å². The molecule has 0 saturated carbocycles. The van der Waals surface area contributed by atoms with Crippen molar-refractivity contribution in [1.82, 2.24) is 14.8 Å². The van der Waals surface area contributed by atoms with Crippen LogP contribution >= 0.6 is 11.3 Å². The largest absolute Gasteiger partial charge is 0.497 e. The Hall–Kier alpha value is -3.59. The molecule has 0 fully saturated rings. The third-order valence-corrected chi connectivity index (χ3v) is 5.50. The molecule has 2 heterocycles. The summed E-state index contributed by atoms with van der Waals surface area (Å²) in [5.74, 6) is 1.75. The lowest BCUT2D eigenvalue weighted by molar-refractivity contribution is 0.102. The van der Waals surface area contributed by atoms with Gasteiger partial charge in [0.2, 0.25) is 5.13 Å². The van der Waals surface area contributed by atoms with Gasteiger partial charge in [-0.25, -0.2) is 4.98 Å². The Bertz CT molecular complexity index is 1230. The van der Waals surface area contributed by atoms with E-state index < -0.39 is 0 Å². The van der Waals surface area contributed by atoms with Gasteiger partial charge in [0.1, 0.15) is 11.6 Å². The minimum atomic E-state index is -0.338. The van der Waals surface area contributed by atoms with Crippen molar-refractivity contribution in [2.24, 2.45) is 0 Å². The van der Waals surface area contributed by atoms with Crippen molar-refractivity contribution in [1.29, 1.82) is 0 Å². The Morgan fingerprint density at radius 2 is 1.90 bits per heavy atom. The molecule has 9 heteroatoms. The molecule has 0 bridgehead atoms. The topological polar surface area (TPSA) is 87.5 Å². The number of anilines is 1. The van der Waals surface area contributed by atoms with E-state index in [9.17, 15) is 4.79 Å². The van der Waals surface area contributed by atoms with Crippen LogP contribution in [-0.2, 0) is 0 Å². The van der Waals surface area contributed by atoms with Crippen LogP contribution in [0.2, 0.25) is 0 Å². The Kier molecular flexibility index (Phi) is 5.28. The standard InChI is InChI=1S/C21H20N4O4S/c1-12-10-18(23-20(26)14-6-5-7-16(28-3)19(14)29-4)25(24-12)21-22-15-11-13(27-2)8-9-17(15)30-21/h5-11H,1-4H3,(H,23,26). The molecule has 0 aliphatic carbocycles. The zero-order valence-corrected chi connectivity index (χ0v) is 17.7. The number of thiazole rings is 1. The number of carbonyl (C=O) groups excluding carboxylic acids is 1. The molecule has 0 unspecified atom stereocenters. The summed E-state index contributed by atoms with van der Waals surface area (Å²) in [5, 5.41) is 8.05. The van der Waals surface area contributed by atoms with Gasteiger partial charge in [0, 0.05) is 12.1 Å². The summed E-state index contributed by atoms with van der Waals surface area (Å²) in [6, 6.07) is 12.6. The first kappa shape index (κ1) is 19.7. The van der Waals surface area contributed by atoms with Gasteiger partial charge in [-0.3, -0.25) is 4.79 Å².